The number of hydrogen-bond acceptors (Lipinski definition) is 3. The average Bonchev–Trinajstić information content (AvgIpc) is 2.33. The number of aliphatic hydroxyl groups excluding tert-OH is 1. The van der Waals surface area contributed by atoms with Crippen LogP contribution >= 0.6 is 34.8 Å². The highest BCUT2D eigenvalue weighted by Crippen LogP contribution is 2.46. The summed E-state index contributed by atoms with van der Waals surface area (Å²) in [6.07, 6.45) is 5.40. The summed E-state index contributed by atoms with van der Waals surface area (Å²) < 4.78 is -2.06. The quantitative estimate of drug-likeness (QED) is 0.274. The van der Waals surface area contributed by atoms with Crippen LogP contribution in [0, 0.1) is 23.2 Å². The molecular weight excluding hydrogens is 371 g/mol. The van der Waals surface area contributed by atoms with E-state index < -0.39 is 15.4 Å². The van der Waals surface area contributed by atoms with Gasteiger partial charge in [0.2, 0.25) is 3.79 Å². The van der Waals surface area contributed by atoms with Gasteiger partial charge in [0.15, 0.2) is 0 Å². The van der Waals surface area contributed by atoms with Crippen LogP contribution in [-0.4, -0.2) is 26.1 Å². The van der Waals surface area contributed by atoms with Crippen molar-refractivity contribution in [2.75, 3.05) is 0 Å². The molecule has 2 fully saturated rings. The lowest BCUT2D eigenvalue weighted by molar-refractivity contribution is -0.120. The number of nitrogens with one attached hydrogen (secondary N) is 2. The van der Waals surface area contributed by atoms with Gasteiger partial charge in [-0.25, -0.2) is 0 Å². The number of hydrogen-bond donors (Lipinski definition) is 3. The average molecular weight is 396 g/mol. The summed E-state index contributed by atoms with van der Waals surface area (Å²) in [5, 5.41) is 20.7. The van der Waals surface area contributed by atoms with Gasteiger partial charge in [0.25, 0.3) is 5.91 Å². The SMILES string of the molecule is CC(O)=C(C(=N)C(Cl)(Cl)Cl)C(=O)NC1(C)CC2CC(C)CC(C2)C1. The van der Waals surface area contributed by atoms with Gasteiger partial charge in [-0.15, -0.1) is 0 Å². The van der Waals surface area contributed by atoms with Crippen LogP contribution in [0.1, 0.15) is 52.9 Å². The molecule has 3 N–H and O–H groups in total. The van der Waals surface area contributed by atoms with Crippen LogP contribution < -0.4 is 5.32 Å². The summed E-state index contributed by atoms with van der Waals surface area (Å²) in [6, 6.07) is 0. The lowest BCUT2D eigenvalue weighted by Crippen LogP contribution is -2.53. The van der Waals surface area contributed by atoms with E-state index in [9.17, 15) is 9.90 Å². The van der Waals surface area contributed by atoms with E-state index in [0.717, 1.165) is 18.8 Å². The van der Waals surface area contributed by atoms with E-state index in [1.54, 1.807) is 0 Å². The second kappa shape index (κ2) is 7.05. The van der Waals surface area contributed by atoms with Crippen molar-refractivity contribution in [2.24, 2.45) is 17.8 Å². The fourth-order valence-corrected chi connectivity index (χ4v) is 4.91. The summed E-state index contributed by atoms with van der Waals surface area (Å²) in [4.78, 5) is 12.7. The molecule has 24 heavy (non-hydrogen) atoms. The molecule has 2 unspecified atom stereocenters. The standard InChI is InChI=1S/C17H25Cl3N2O2/c1-9-4-11-6-12(5-9)8-16(3,7-11)22-15(24)13(10(2)23)14(21)17(18,19)20/h9,11-12,21,23H,4-8H2,1-3H3,(H,22,24). The molecule has 0 radical (unpaired) electrons. The van der Waals surface area contributed by atoms with E-state index in [1.807, 2.05) is 6.92 Å². The minimum absolute atomic E-state index is 0.264. The minimum atomic E-state index is -2.06. The predicted octanol–water partition coefficient (Wildman–Crippen LogP) is 4.93. The molecule has 2 rings (SSSR count). The van der Waals surface area contributed by atoms with Gasteiger partial charge in [0.1, 0.15) is 11.3 Å². The first-order valence-electron chi connectivity index (χ1n) is 8.30. The van der Waals surface area contributed by atoms with Crippen LogP contribution in [0.4, 0.5) is 0 Å². The molecule has 0 aromatic carbocycles. The maximum absolute atomic E-state index is 12.7. The third-order valence-electron chi connectivity index (χ3n) is 5.15. The summed E-state index contributed by atoms with van der Waals surface area (Å²) in [7, 11) is 0. The van der Waals surface area contributed by atoms with E-state index in [0.29, 0.717) is 11.8 Å². The summed E-state index contributed by atoms with van der Waals surface area (Å²) >= 11 is 17.2. The fourth-order valence-electron chi connectivity index (χ4n) is 4.63. The molecule has 0 aromatic rings. The van der Waals surface area contributed by atoms with Crippen LogP contribution in [0.5, 0.6) is 0 Å². The number of alkyl halides is 3. The van der Waals surface area contributed by atoms with Crippen molar-refractivity contribution in [1.29, 1.82) is 5.41 Å². The second-order valence-electron chi connectivity index (χ2n) is 7.80. The number of rotatable bonds is 3. The van der Waals surface area contributed by atoms with E-state index in [-0.39, 0.29) is 16.9 Å². The third kappa shape index (κ3) is 4.59. The lowest BCUT2D eigenvalue weighted by atomic mass is 9.62. The van der Waals surface area contributed by atoms with Gasteiger partial charge in [0, 0.05) is 5.54 Å². The largest absolute Gasteiger partial charge is 0.512 e. The summed E-state index contributed by atoms with van der Waals surface area (Å²) in [6.45, 7) is 5.64. The Morgan fingerprint density at radius 1 is 1.21 bits per heavy atom. The van der Waals surface area contributed by atoms with Crippen LogP contribution in [0.25, 0.3) is 0 Å². The molecule has 0 saturated heterocycles. The van der Waals surface area contributed by atoms with E-state index in [1.165, 1.54) is 26.2 Å². The van der Waals surface area contributed by atoms with Gasteiger partial charge in [0.05, 0.1) is 5.71 Å². The first-order chi connectivity index (χ1) is 10.9. The monoisotopic (exact) mass is 394 g/mol. The number of carbonyl (C=O) groups is 1. The zero-order valence-corrected chi connectivity index (χ0v) is 16.5. The Morgan fingerprint density at radius 2 is 1.71 bits per heavy atom. The van der Waals surface area contributed by atoms with Gasteiger partial charge in [-0.3, -0.25) is 10.2 Å². The van der Waals surface area contributed by atoms with E-state index >= 15 is 0 Å². The number of aliphatic hydroxyl groups is 1. The van der Waals surface area contributed by atoms with Crippen LogP contribution in [0.3, 0.4) is 0 Å². The van der Waals surface area contributed by atoms with Gasteiger partial charge in [-0.2, -0.15) is 0 Å². The van der Waals surface area contributed by atoms with Crippen molar-refractivity contribution >= 4 is 46.4 Å². The summed E-state index contributed by atoms with van der Waals surface area (Å²) in [5.41, 5.74) is -1.14. The van der Waals surface area contributed by atoms with Crippen LogP contribution in [0.2, 0.25) is 0 Å². The number of amides is 1. The highest BCUT2D eigenvalue weighted by Gasteiger charge is 2.43. The van der Waals surface area contributed by atoms with Crippen LogP contribution in [-0.2, 0) is 4.79 Å². The van der Waals surface area contributed by atoms with Crippen molar-refractivity contribution in [2.45, 2.75) is 62.2 Å². The van der Waals surface area contributed by atoms with Crippen molar-refractivity contribution in [3.8, 4) is 0 Å². The maximum Gasteiger partial charge on any atom is 0.257 e. The molecule has 0 aromatic heterocycles. The fraction of sp³-hybridized carbons (Fsp3) is 0.765. The van der Waals surface area contributed by atoms with Gasteiger partial charge < -0.3 is 10.4 Å². The number of halogens is 3. The number of carbonyl (C=O) groups excluding carboxylic acids is 1. The molecule has 1 amide bonds. The molecule has 2 atom stereocenters. The maximum atomic E-state index is 12.7. The second-order valence-corrected chi connectivity index (χ2v) is 10.1. The van der Waals surface area contributed by atoms with E-state index in [4.69, 9.17) is 40.2 Å². The summed E-state index contributed by atoms with van der Waals surface area (Å²) in [5.74, 6) is 1.07. The molecule has 2 bridgehead atoms. The lowest BCUT2D eigenvalue weighted by Gasteiger charge is -2.47. The highest BCUT2D eigenvalue weighted by atomic mass is 35.6. The molecule has 4 nitrogen and oxygen atoms in total. The highest BCUT2D eigenvalue weighted by molar-refractivity contribution is 6.78. The van der Waals surface area contributed by atoms with Crippen LogP contribution in [0.15, 0.2) is 11.3 Å². The first kappa shape index (κ1) is 19.9. The molecule has 0 aliphatic heterocycles. The van der Waals surface area contributed by atoms with Gasteiger partial charge in [-0.05, 0) is 63.7 Å². The topological polar surface area (TPSA) is 73.2 Å². The Labute approximate surface area is 158 Å². The molecule has 7 heteroatoms. The zero-order valence-electron chi connectivity index (χ0n) is 14.3. The van der Waals surface area contributed by atoms with Crippen molar-refractivity contribution < 1.29 is 9.90 Å². The van der Waals surface area contributed by atoms with Crippen molar-refractivity contribution in [1.82, 2.24) is 5.32 Å². The molecule has 2 aliphatic rings. The number of fused-ring (bicyclic) bond motifs is 2. The zero-order chi connectivity index (χ0) is 18.3. The molecule has 0 spiro atoms. The van der Waals surface area contributed by atoms with Gasteiger partial charge in [-0.1, -0.05) is 41.7 Å². The Bertz CT molecular complexity index is 547. The minimum Gasteiger partial charge on any atom is -0.512 e. The third-order valence-corrected chi connectivity index (χ3v) is 5.72. The number of allylic oxidation sites excluding steroid dienone is 1. The predicted molar refractivity (Wildman–Crippen MR) is 99.1 cm³/mol. The molecular formula is C17H25Cl3N2O2. The molecule has 0 heterocycles. The smallest absolute Gasteiger partial charge is 0.257 e. The Morgan fingerprint density at radius 3 is 2.12 bits per heavy atom. The van der Waals surface area contributed by atoms with Gasteiger partial charge >= 0.3 is 0 Å². The normalized spacial score (nSPS) is 34.3. The Hall–Kier alpha value is -0.450. The van der Waals surface area contributed by atoms with Crippen molar-refractivity contribution in [3.63, 3.8) is 0 Å². The molecule has 2 aliphatic carbocycles. The first-order valence-corrected chi connectivity index (χ1v) is 9.43. The van der Waals surface area contributed by atoms with Crippen molar-refractivity contribution in [3.05, 3.63) is 11.3 Å². The Balaban J connectivity index is 2.16. The Kier molecular flexibility index (Phi) is 5.83. The van der Waals surface area contributed by atoms with E-state index in [2.05, 4.69) is 12.2 Å². The molecule has 2 saturated carbocycles. The molecule has 136 valence electrons.